The summed E-state index contributed by atoms with van der Waals surface area (Å²) in [5.41, 5.74) is 0.629. The maximum absolute atomic E-state index is 12.3. The molecule has 0 radical (unpaired) electrons. The van der Waals surface area contributed by atoms with E-state index in [2.05, 4.69) is 16.4 Å². The van der Waals surface area contributed by atoms with E-state index >= 15 is 0 Å². The first-order valence-corrected chi connectivity index (χ1v) is 8.31. The van der Waals surface area contributed by atoms with Crippen LogP contribution in [0.25, 0.3) is 10.9 Å². The number of hydrogen-bond acceptors (Lipinski definition) is 3. The van der Waals surface area contributed by atoms with E-state index in [1.165, 1.54) is 11.8 Å². The van der Waals surface area contributed by atoms with Crippen LogP contribution in [0.3, 0.4) is 0 Å². The standard InChI is InChI=1S/C18H23N3O3/c1-13(22)21-10-4-8-18(24,12-21)17(23)19-9-7-15-11-14-5-2-3-6-16(14)20-15/h2-3,5-6,11,20,24H,4,7-10,12H2,1H3,(H,19,23)/t18-/m1/s1. The minimum Gasteiger partial charge on any atom is -0.378 e. The number of carbonyl (C=O) groups excluding carboxylic acids is 2. The highest BCUT2D eigenvalue weighted by Gasteiger charge is 2.40. The van der Waals surface area contributed by atoms with Crippen molar-refractivity contribution in [1.82, 2.24) is 15.2 Å². The number of amides is 2. The first kappa shape index (κ1) is 16.5. The number of H-pyrrole nitrogens is 1. The second-order valence-electron chi connectivity index (χ2n) is 6.46. The Balaban J connectivity index is 1.55. The van der Waals surface area contributed by atoms with Crippen molar-refractivity contribution in [3.8, 4) is 0 Å². The van der Waals surface area contributed by atoms with Crippen molar-refractivity contribution in [2.24, 2.45) is 0 Å². The lowest BCUT2D eigenvalue weighted by atomic mass is 9.91. The number of nitrogens with one attached hydrogen (secondary N) is 2. The molecule has 3 rings (SSSR count). The Bertz CT molecular complexity index is 722. The summed E-state index contributed by atoms with van der Waals surface area (Å²) in [4.78, 5) is 28.7. The lowest BCUT2D eigenvalue weighted by Gasteiger charge is -2.37. The number of fused-ring (bicyclic) bond motifs is 1. The van der Waals surface area contributed by atoms with Gasteiger partial charge in [0.15, 0.2) is 5.60 Å². The highest BCUT2D eigenvalue weighted by molar-refractivity contribution is 5.86. The van der Waals surface area contributed by atoms with E-state index in [4.69, 9.17) is 0 Å². The van der Waals surface area contributed by atoms with Crippen molar-refractivity contribution in [3.63, 3.8) is 0 Å². The number of aromatic amines is 1. The first-order valence-electron chi connectivity index (χ1n) is 8.31. The minimum absolute atomic E-state index is 0.0700. The van der Waals surface area contributed by atoms with Gasteiger partial charge in [0.1, 0.15) is 0 Å². The number of carbonyl (C=O) groups is 2. The van der Waals surface area contributed by atoms with Crippen molar-refractivity contribution in [1.29, 1.82) is 0 Å². The molecule has 1 aliphatic heterocycles. The molecule has 1 atom stereocenters. The molecule has 3 N–H and O–H groups in total. The zero-order valence-electron chi connectivity index (χ0n) is 13.8. The van der Waals surface area contributed by atoms with Crippen LogP contribution in [-0.2, 0) is 16.0 Å². The third-order valence-corrected chi connectivity index (χ3v) is 4.60. The molecule has 0 unspecified atom stereocenters. The quantitative estimate of drug-likeness (QED) is 0.788. The Morgan fingerprint density at radius 3 is 2.92 bits per heavy atom. The molecule has 24 heavy (non-hydrogen) atoms. The number of benzene rings is 1. The highest BCUT2D eigenvalue weighted by atomic mass is 16.3. The lowest BCUT2D eigenvalue weighted by molar-refractivity contribution is -0.150. The number of piperidine rings is 1. The molecule has 1 aromatic heterocycles. The average molecular weight is 329 g/mol. The average Bonchev–Trinajstić information content (AvgIpc) is 2.97. The van der Waals surface area contributed by atoms with Crippen LogP contribution in [0.15, 0.2) is 30.3 Å². The fraction of sp³-hybridized carbons (Fsp3) is 0.444. The van der Waals surface area contributed by atoms with Gasteiger partial charge in [-0.25, -0.2) is 0 Å². The molecule has 2 aromatic rings. The van der Waals surface area contributed by atoms with E-state index in [1.54, 1.807) is 0 Å². The molecule has 6 nitrogen and oxygen atoms in total. The molecule has 1 saturated heterocycles. The highest BCUT2D eigenvalue weighted by Crippen LogP contribution is 2.21. The normalized spacial score (nSPS) is 21.0. The topological polar surface area (TPSA) is 85.4 Å². The van der Waals surface area contributed by atoms with Gasteiger partial charge in [0.25, 0.3) is 5.91 Å². The number of hydrogen-bond donors (Lipinski definition) is 3. The van der Waals surface area contributed by atoms with Crippen LogP contribution in [0.2, 0.25) is 0 Å². The van der Waals surface area contributed by atoms with Gasteiger partial charge in [0.05, 0.1) is 6.54 Å². The summed E-state index contributed by atoms with van der Waals surface area (Å²) in [6.45, 7) is 2.56. The molecule has 1 aliphatic rings. The van der Waals surface area contributed by atoms with Gasteiger partial charge in [0, 0.05) is 37.6 Å². The van der Waals surface area contributed by atoms with Gasteiger partial charge in [-0.3, -0.25) is 9.59 Å². The maximum Gasteiger partial charge on any atom is 0.253 e. The van der Waals surface area contributed by atoms with Crippen molar-refractivity contribution in [3.05, 3.63) is 36.0 Å². The van der Waals surface area contributed by atoms with E-state index in [0.717, 1.165) is 16.6 Å². The summed E-state index contributed by atoms with van der Waals surface area (Å²) in [6, 6.07) is 10.1. The third kappa shape index (κ3) is 3.43. The Morgan fingerprint density at radius 2 is 2.17 bits per heavy atom. The summed E-state index contributed by atoms with van der Waals surface area (Å²) < 4.78 is 0. The van der Waals surface area contributed by atoms with Crippen LogP contribution in [0.1, 0.15) is 25.5 Å². The van der Waals surface area contributed by atoms with Gasteiger partial charge in [-0.15, -0.1) is 0 Å². The molecule has 2 amide bonds. The Morgan fingerprint density at radius 1 is 1.38 bits per heavy atom. The number of β-amino-alcohol motifs (C(OH)–C–C–N with tert-alkyl or cyclic N) is 1. The fourth-order valence-electron chi connectivity index (χ4n) is 3.23. The van der Waals surface area contributed by atoms with E-state index in [-0.39, 0.29) is 12.5 Å². The van der Waals surface area contributed by atoms with Crippen LogP contribution < -0.4 is 5.32 Å². The Labute approximate surface area is 140 Å². The van der Waals surface area contributed by atoms with E-state index in [1.807, 2.05) is 24.3 Å². The minimum atomic E-state index is -1.48. The fourth-order valence-corrected chi connectivity index (χ4v) is 3.23. The van der Waals surface area contributed by atoms with E-state index < -0.39 is 11.5 Å². The smallest absolute Gasteiger partial charge is 0.253 e. The van der Waals surface area contributed by atoms with E-state index in [9.17, 15) is 14.7 Å². The molecule has 6 heteroatoms. The summed E-state index contributed by atoms with van der Waals surface area (Å²) in [5, 5.41) is 14.5. The zero-order valence-corrected chi connectivity index (χ0v) is 13.8. The Hall–Kier alpha value is -2.34. The summed E-state index contributed by atoms with van der Waals surface area (Å²) in [5.74, 6) is -0.511. The summed E-state index contributed by atoms with van der Waals surface area (Å²) in [6.07, 6.45) is 1.67. The monoisotopic (exact) mass is 329 g/mol. The molecule has 0 spiro atoms. The maximum atomic E-state index is 12.3. The van der Waals surface area contributed by atoms with E-state index in [0.29, 0.717) is 32.4 Å². The van der Waals surface area contributed by atoms with Crippen molar-refractivity contribution >= 4 is 22.7 Å². The van der Waals surface area contributed by atoms with Crippen molar-refractivity contribution < 1.29 is 14.7 Å². The zero-order chi connectivity index (χ0) is 17.2. The van der Waals surface area contributed by atoms with Crippen LogP contribution in [0.5, 0.6) is 0 Å². The number of para-hydroxylation sites is 1. The molecule has 1 fully saturated rings. The molecular formula is C18H23N3O3. The number of aromatic nitrogens is 1. The predicted octanol–water partition coefficient (Wildman–Crippen LogP) is 1.20. The SMILES string of the molecule is CC(=O)N1CCC[C@](O)(C(=O)NCCc2cc3ccccc3[nH]2)C1. The lowest BCUT2D eigenvalue weighted by Crippen LogP contribution is -2.58. The van der Waals surface area contributed by atoms with Gasteiger partial charge >= 0.3 is 0 Å². The van der Waals surface area contributed by atoms with Crippen molar-refractivity contribution in [2.45, 2.75) is 31.8 Å². The van der Waals surface area contributed by atoms with Crippen LogP contribution in [0.4, 0.5) is 0 Å². The molecule has 0 bridgehead atoms. The second-order valence-corrected chi connectivity index (χ2v) is 6.46. The second kappa shape index (κ2) is 6.65. The van der Waals surface area contributed by atoms with Gasteiger partial charge in [-0.1, -0.05) is 18.2 Å². The molecule has 1 aromatic carbocycles. The predicted molar refractivity (Wildman–Crippen MR) is 91.5 cm³/mol. The molecule has 0 aliphatic carbocycles. The number of likely N-dealkylation sites (tertiary alicyclic amines) is 1. The number of rotatable bonds is 4. The van der Waals surface area contributed by atoms with Crippen LogP contribution >= 0.6 is 0 Å². The number of nitrogens with zero attached hydrogens (tertiary/aromatic N) is 1. The number of aliphatic hydroxyl groups is 1. The third-order valence-electron chi connectivity index (χ3n) is 4.60. The van der Waals surface area contributed by atoms with Gasteiger partial charge in [0.2, 0.25) is 5.91 Å². The molecule has 2 heterocycles. The van der Waals surface area contributed by atoms with Gasteiger partial charge in [-0.05, 0) is 30.4 Å². The summed E-state index contributed by atoms with van der Waals surface area (Å²) >= 11 is 0. The van der Waals surface area contributed by atoms with Crippen molar-refractivity contribution in [2.75, 3.05) is 19.6 Å². The molecule has 0 saturated carbocycles. The van der Waals surface area contributed by atoms with Crippen LogP contribution in [0, 0.1) is 0 Å². The van der Waals surface area contributed by atoms with Crippen LogP contribution in [-0.4, -0.2) is 52.0 Å². The van der Waals surface area contributed by atoms with Gasteiger partial charge in [-0.2, -0.15) is 0 Å². The molecule has 128 valence electrons. The molecular weight excluding hydrogens is 306 g/mol. The van der Waals surface area contributed by atoms with Gasteiger partial charge < -0.3 is 20.3 Å². The summed E-state index contributed by atoms with van der Waals surface area (Å²) in [7, 11) is 0. The Kier molecular flexibility index (Phi) is 4.57. The largest absolute Gasteiger partial charge is 0.378 e. The first-order chi connectivity index (χ1) is 11.5.